The van der Waals surface area contributed by atoms with Crippen molar-refractivity contribution in [2.75, 3.05) is 18.1 Å². The molecule has 0 aromatic heterocycles. The molecule has 5 nitrogen and oxygen atoms in total. The molecule has 0 aromatic carbocycles. The predicted octanol–water partition coefficient (Wildman–Crippen LogP) is -0.699. The molecule has 6 heteroatoms. The lowest BCUT2D eigenvalue weighted by Crippen LogP contribution is -2.55. The summed E-state index contributed by atoms with van der Waals surface area (Å²) in [5.74, 6) is -0.105. The van der Waals surface area contributed by atoms with Gasteiger partial charge in [0.2, 0.25) is 0 Å². The van der Waals surface area contributed by atoms with Gasteiger partial charge in [-0.2, -0.15) is 0 Å². The van der Waals surface area contributed by atoms with E-state index in [1.165, 1.54) is 0 Å². The average molecular weight is 249 g/mol. The smallest absolute Gasteiger partial charge is 0.154 e. The fraction of sp³-hybridized carbons (Fsp3) is 1.00. The van der Waals surface area contributed by atoms with Crippen molar-refractivity contribution in [3.8, 4) is 0 Å². The van der Waals surface area contributed by atoms with Gasteiger partial charge >= 0.3 is 0 Å². The number of hydrogen-bond acceptors (Lipinski definition) is 5. The summed E-state index contributed by atoms with van der Waals surface area (Å²) in [7, 11) is -3.08. The Hall–Kier alpha value is -0.170. The minimum Gasteiger partial charge on any atom is -0.390 e. The van der Waals surface area contributed by atoms with Crippen molar-refractivity contribution >= 4 is 9.84 Å². The molecule has 0 radical (unpaired) electrons. The fourth-order valence-corrected chi connectivity index (χ4v) is 4.16. The molecule has 2 heterocycles. The van der Waals surface area contributed by atoms with Crippen LogP contribution < -0.4 is 5.32 Å². The molecule has 0 amide bonds. The van der Waals surface area contributed by atoms with Crippen LogP contribution in [0.2, 0.25) is 0 Å². The molecular weight excluding hydrogens is 230 g/mol. The van der Waals surface area contributed by atoms with E-state index >= 15 is 0 Å². The third kappa shape index (κ3) is 2.25. The third-order valence-corrected chi connectivity index (χ3v) is 5.44. The number of rotatable bonds is 2. The van der Waals surface area contributed by atoms with Crippen LogP contribution in [0, 0.1) is 0 Å². The first-order valence-corrected chi connectivity index (χ1v) is 7.42. The van der Waals surface area contributed by atoms with Crippen molar-refractivity contribution < 1.29 is 18.3 Å². The minimum absolute atomic E-state index is 0.0243. The molecule has 2 rings (SSSR count). The van der Waals surface area contributed by atoms with Crippen LogP contribution in [0.5, 0.6) is 0 Å². The molecular formula is C10H19NO4S. The zero-order chi connectivity index (χ0) is 12.0. The summed E-state index contributed by atoms with van der Waals surface area (Å²) in [5.41, 5.74) is -0.231. The van der Waals surface area contributed by atoms with Gasteiger partial charge in [0.05, 0.1) is 23.7 Å². The van der Waals surface area contributed by atoms with Crippen LogP contribution in [0.1, 0.15) is 20.3 Å². The Balaban J connectivity index is 2.05. The van der Waals surface area contributed by atoms with E-state index in [9.17, 15) is 13.5 Å². The SMILES string of the molecule is CC1OCCC1(C)NC1CS(=O)(=O)CC1O. The molecule has 2 fully saturated rings. The maximum Gasteiger partial charge on any atom is 0.154 e. The lowest BCUT2D eigenvalue weighted by Gasteiger charge is -2.33. The van der Waals surface area contributed by atoms with E-state index in [-0.39, 0.29) is 29.2 Å². The van der Waals surface area contributed by atoms with Crippen molar-refractivity contribution in [3.63, 3.8) is 0 Å². The quantitative estimate of drug-likeness (QED) is 0.677. The number of aliphatic hydroxyl groups is 1. The summed E-state index contributed by atoms with van der Waals surface area (Å²) in [6.07, 6.45) is 0.0925. The standard InChI is InChI=1S/C10H19NO4S/c1-7-10(2,3-4-15-7)11-8-5-16(13,14)6-9(8)12/h7-9,11-12H,3-6H2,1-2H3. The van der Waals surface area contributed by atoms with E-state index in [1.54, 1.807) is 0 Å². The van der Waals surface area contributed by atoms with E-state index in [2.05, 4.69) is 5.32 Å². The molecule has 16 heavy (non-hydrogen) atoms. The Bertz CT molecular complexity index is 369. The van der Waals surface area contributed by atoms with Crippen LogP contribution in [0.3, 0.4) is 0 Å². The maximum atomic E-state index is 11.4. The van der Waals surface area contributed by atoms with Crippen molar-refractivity contribution in [2.24, 2.45) is 0 Å². The van der Waals surface area contributed by atoms with Crippen LogP contribution in [0.15, 0.2) is 0 Å². The maximum absolute atomic E-state index is 11.4. The van der Waals surface area contributed by atoms with Gasteiger partial charge in [0, 0.05) is 18.2 Å². The zero-order valence-corrected chi connectivity index (χ0v) is 10.5. The second-order valence-electron chi connectivity index (χ2n) is 5.08. The van der Waals surface area contributed by atoms with Gasteiger partial charge in [0.1, 0.15) is 0 Å². The van der Waals surface area contributed by atoms with Gasteiger partial charge in [0.15, 0.2) is 9.84 Å². The van der Waals surface area contributed by atoms with E-state index in [0.717, 1.165) is 6.42 Å². The van der Waals surface area contributed by atoms with E-state index in [1.807, 2.05) is 13.8 Å². The number of aliphatic hydroxyl groups excluding tert-OH is 1. The topological polar surface area (TPSA) is 75.6 Å². The van der Waals surface area contributed by atoms with E-state index in [4.69, 9.17) is 4.74 Å². The summed E-state index contributed by atoms with van der Waals surface area (Å²) in [4.78, 5) is 0. The lowest BCUT2D eigenvalue weighted by atomic mass is 9.93. The van der Waals surface area contributed by atoms with Gasteiger partial charge in [-0.1, -0.05) is 0 Å². The molecule has 0 saturated carbocycles. The van der Waals surface area contributed by atoms with Crippen molar-refractivity contribution in [1.82, 2.24) is 5.32 Å². The number of sulfone groups is 1. The molecule has 0 spiro atoms. The van der Waals surface area contributed by atoms with Gasteiger partial charge in [-0.05, 0) is 20.3 Å². The van der Waals surface area contributed by atoms with Crippen LogP contribution >= 0.6 is 0 Å². The van der Waals surface area contributed by atoms with Crippen LogP contribution in [0.25, 0.3) is 0 Å². The summed E-state index contributed by atoms with van der Waals surface area (Å²) < 4.78 is 28.2. The first-order valence-electron chi connectivity index (χ1n) is 5.60. The fourth-order valence-electron chi connectivity index (χ4n) is 2.41. The van der Waals surface area contributed by atoms with E-state index < -0.39 is 15.9 Å². The second-order valence-corrected chi connectivity index (χ2v) is 7.23. The minimum atomic E-state index is -3.08. The van der Waals surface area contributed by atoms with Gasteiger partial charge in [0.25, 0.3) is 0 Å². The molecule has 0 bridgehead atoms. The number of hydrogen-bond donors (Lipinski definition) is 2. The zero-order valence-electron chi connectivity index (χ0n) is 9.64. The highest BCUT2D eigenvalue weighted by Crippen LogP contribution is 2.27. The molecule has 2 aliphatic rings. The number of nitrogens with one attached hydrogen (secondary N) is 1. The Morgan fingerprint density at radius 3 is 2.56 bits per heavy atom. The number of ether oxygens (including phenoxy) is 1. The van der Waals surface area contributed by atoms with Gasteiger partial charge in [-0.25, -0.2) is 8.42 Å². The van der Waals surface area contributed by atoms with Gasteiger partial charge in [-0.3, -0.25) is 0 Å². The van der Waals surface area contributed by atoms with Crippen LogP contribution in [-0.2, 0) is 14.6 Å². The molecule has 2 N–H and O–H groups in total. The normalized spacial score (nSPS) is 47.3. The second kappa shape index (κ2) is 3.94. The van der Waals surface area contributed by atoms with Gasteiger partial charge < -0.3 is 15.2 Å². The van der Waals surface area contributed by atoms with E-state index in [0.29, 0.717) is 6.61 Å². The van der Waals surface area contributed by atoms with Crippen molar-refractivity contribution in [1.29, 1.82) is 0 Å². The monoisotopic (exact) mass is 249 g/mol. The molecule has 0 aliphatic carbocycles. The predicted molar refractivity (Wildman–Crippen MR) is 60.0 cm³/mol. The largest absolute Gasteiger partial charge is 0.390 e. The highest BCUT2D eigenvalue weighted by molar-refractivity contribution is 7.91. The Labute approximate surface area is 96.1 Å². The summed E-state index contributed by atoms with van der Waals surface area (Å²) >= 11 is 0. The Kier molecular flexibility index (Phi) is 3.03. The van der Waals surface area contributed by atoms with Crippen molar-refractivity contribution in [2.45, 2.75) is 44.1 Å². The molecule has 2 saturated heterocycles. The molecule has 4 unspecified atom stereocenters. The van der Waals surface area contributed by atoms with Crippen molar-refractivity contribution in [3.05, 3.63) is 0 Å². The molecule has 0 aromatic rings. The highest BCUT2D eigenvalue weighted by atomic mass is 32.2. The van der Waals surface area contributed by atoms with Gasteiger partial charge in [-0.15, -0.1) is 0 Å². The highest BCUT2D eigenvalue weighted by Gasteiger charge is 2.44. The Morgan fingerprint density at radius 1 is 1.44 bits per heavy atom. The third-order valence-electron chi connectivity index (χ3n) is 3.72. The Morgan fingerprint density at radius 2 is 2.12 bits per heavy atom. The summed E-state index contributed by atoms with van der Waals surface area (Å²) in [5, 5.41) is 13.0. The van der Waals surface area contributed by atoms with Crippen LogP contribution in [-0.4, -0.2) is 55.4 Å². The first kappa shape index (κ1) is 12.3. The van der Waals surface area contributed by atoms with Crippen LogP contribution in [0.4, 0.5) is 0 Å². The molecule has 94 valence electrons. The lowest BCUT2D eigenvalue weighted by molar-refractivity contribution is 0.0728. The first-order chi connectivity index (χ1) is 7.32. The summed E-state index contributed by atoms with van der Waals surface area (Å²) in [6, 6.07) is -0.362. The average Bonchev–Trinajstić information content (AvgIpc) is 2.56. The molecule has 2 aliphatic heterocycles. The summed E-state index contributed by atoms with van der Waals surface area (Å²) in [6.45, 7) is 4.67. The molecule has 4 atom stereocenters.